The number of nitrogens with zero attached hydrogens (tertiary/aromatic N) is 2. The first-order chi connectivity index (χ1) is 9.90. The van der Waals surface area contributed by atoms with Crippen molar-refractivity contribution in [2.45, 2.75) is 20.4 Å². The molecule has 0 saturated carbocycles. The molecule has 0 aliphatic heterocycles. The van der Waals surface area contributed by atoms with Gasteiger partial charge in [-0.1, -0.05) is 22.8 Å². The van der Waals surface area contributed by atoms with Crippen molar-refractivity contribution in [3.63, 3.8) is 0 Å². The zero-order chi connectivity index (χ0) is 15.6. The van der Waals surface area contributed by atoms with Crippen LogP contribution < -0.4 is 5.32 Å². The van der Waals surface area contributed by atoms with E-state index in [1.807, 2.05) is 0 Å². The van der Waals surface area contributed by atoms with Crippen molar-refractivity contribution in [2.75, 3.05) is 12.4 Å². The molecule has 1 heterocycles. The predicted octanol–water partition coefficient (Wildman–Crippen LogP) is 3.75. The van der Waals surface area contributed by atoms with Gasteiger partial charge < -0.3 is 14.7 Å². The SMILES string of the molecule is Cc1noc(C)c1NC(=O)N(C)Cc1c(F)cccc1Cl. The Hall–Kier alpha value is -2.08. The molecule has 2 aromatic rings. The van der Waals surface area contributed by atoms with Crippen LogP contribution in [0.4, 0.5) is 14.9 Å². The Morgan fingerprint density at radius 3 is 2.76 bits per heavy atom. The first-order valence-corrected chi connectivity index (χ1v) is 6.65. The summed E-state index contributed by atoms with van der Waals surface area (Å²) in [6.07, 6.45) is 0. The molecule has 0 bridgehead atoms. The molecule has 5 nitrogen and oxygen atoms in total. The molecule has 21 heavy (non-hydrogen) atoms. The minimum Gasteiger partial charge on any atom is -0.359 e. The van der Waals surface area contributed by atoms with Crippen LogP contribution in [0, 0.1) is 19.7 Å². The van der Waals surface area contributed by atoms with Gasteiger partial charge >= 0.3 is 6.03 Å². The van der Waals surface area contributed by atoms with Crippen LogP contribution >= 0.6 is 11.6 Å². The minimum absolute atomic E-state index is 0.0563. The summed E-state index contributed by atoms with van der Waals surface area (Å²) in [7, 11) is 1.55. The largest absolute Gasteiger partial charge is 0.359 e. The third kappa shape index (κ3) is 3.33. The number of aromatic nitrogens is 1. The molecule has 0 fully saturated rings. The second-order valence-corrected chi connectivity index (χ2v) is 5.09. The van der Waals surface area contributed by atoms with E-state index in [0.29, 0.717) is 17.1 Å². The van der Waals surface area contributed by atoms with Gasteiger partial charge in [-0.2, -0.15) is 0 Å². The molecule has 1 aromatic heterocycles. The number of anilines is 1. The van der Waals surface area contributed by atoms with Crippen molar-refractivity contribution < 1.29 is 13.7 Å². The van der Waals surface area contributed by atoms with Crippen LogP contribution in [0.5, 0.6) is 0 Å². The molecular formula is C14H15ClFN3O2. The molecule has 0 unspecified atom stereocenters. The third-order valence-electron chi connectivity index (χ3n) is 3.07. The maximum atomic E-state index is 13.7. The van der Waals surface area contributed by atoms with E-state index in [4.69, 9.17) is 16.1 Å². The topological polar surface area (TPSA) is 58.4 Å². The molecule has 0 atom stereocenters. The van der Waals surface area contributed by atoms with E-state index >= 15 is 0 Å². The quantitative estimate of drug-likeness (QED) is 0.939. The number of benzene rings is 1. The number of carbonyl (C=O) groups is 1. The molecule has 7 heteroatoms. The zero-order valence-electron chi connectivity index (χ0n) is 11.9. The summed E-state index contributed by atoms with van der Waals surface area (Å²) in [4.78, 5) is 13.5. The lowest BCUT2D eigenvalue weighted by atomic mass is 10.2. The van der Waals surface area contributed by atoms with Crippen molar-refractivity contribution in [2.24, 2.45) is 0 Å². The van der Waals surface area contributed by atoms with Crippen molar-refractivity contribution >= 4 is 23.3 Å². The lowest BCUT2D eigenvalue weighted by Gasteiger charge is -2.19. The number of aryl methyl sites for hydroxylation is 2. The Morgan fingerprint density at radius 2 is 2.19 bits per heavy atom. The normalized spacial score (nSPS) is 10.5. The Bertz CT molecular complexity index is 632. The summed E-state index contributed by atoms with van der Waals surface area (Å²) < 4.78 is 18.7. The van der Waals surface area contributed by atoms with Gasteiger partial charge in [0, 0.05) is 17.6 Å². The maximum Gasteiger partial charge on any atom is 0.322 e. The van der Waals surface area contributed by atoms with Gasteiger partial charge in [-0.3, -0.25) is 0 Å². The molecule has 2 rings (SSSR count). The number of carbonyl (C=O) groups excluding carboxylic acids is 1. The fourth-order valence-corrected chi connectivity index (χ4v) is 2.08. The van der Waals surface area contributed by atoms with Crippen LogP contribution in [0.1, 0.15) is 17.0 Å². The van der Waals surface area contributed by atoms with E-state index in [1.165, 1.54) is 17.0 Å². The number of hydrogen-bond donors (Lipinski definition) is 1. The van der Waals surface area contributed by atoms with Crippen LogP contribution in [0.25, 0.3) is 0 Å². The molecule has 0 aliphatic rings. The number of rotatable bonds is 3. The second-order valence-electron chi connectivity index (χ2n) is 4.69. The van der Waals surface area contributed by atoms with Gasteiger partial charge in [-0.05, 0) is 26.0 Å². The van der Waals surface area contributed by atoms with Gasteiger partial charge in [0.1, 0.15) is 17.2 Å². The van der Waals surface area contributed by atoms with Crippen molar-refractivity contribution in [3.05, 3.63) is 46.1 Å². The smallest absolute Gasteiger partial charge is 0.322 e. The highest BCUT2D eigenvalue weighted by Gasteiger charge is 2.17. The predicted molar refractivity (Wildman–Crippen MR) is 77.9 cm³/mol. The highest BCUT2D eigenvalue weighted by Crippen LogP contribution is 2.22. The van der Waals surface area contributed by atoms with Crippen LogP contribution in [0.15, 0.2) is 22.7 Å². The van der Waals surface area contributed by atoms with Crippen molar-refractivity contribution in [1.29, 1.82) is 0 Å². The number of amides is 2. The molecule has 1 aromatic carbocycles. The first kappa shape index (κ1) is 15.3. The number of hydrogen-bond acceptors (Lipinski definition) is 3. The summed E-state index contributed by atoms with van der Waals surface area (Å²) >= 11 is 5.95. The van der Waals surface area contributed by atoms with Gasteiger partial charge in [-0.25, -0.2) is 9.18 Å². The van der Waals surface area contributed by atoms with Crippen LogP contribution in [0.2, 0.25) is 5.02 Å². The van der Waals surface area contributed by atoms with E-state index in [-0.39, 0.29) is 17.1 Å². The number of halogens is 2. The van der Waals surface area contributed by atoms with E-state index in [9.17, 15) is 9.18 Å². The maximum absolute atomic E-state index is 13.7. The monoisotopic (exact) mass is 311 g/mol. The average molecular weight is 312 g/mol. The molecule has 0 spiro atoms. The van der Waals surface area contributed by atoms with Gasteiger partial charge in [0.15, 0.2) is 5.76 Å². The molecule has 1 N–H and O–H groups in total. The first-order valence-electron chi connectivity index (χ1n) is 6.28. The molecule has 2 amide bonds. The molecule has 0 radical (unpaired) electrons. The van der Waals surface area contributed by atoms with E-state index in [2.05, 4.69) is 10.5 Å². The van der Waals surface area contributed by atoms with Crippen molar-refractivity contribution in [3.8, 4) is 0 Å². The van der Waals surface area contributed by atoms with E-state index in [1.54, 1.807) is 27.0 Å². The van der Waals surface area contributed by atoms with Gasteiger partial charge in [-0.15, -0.1) is 0 Å². The standard InChI is InChI=1S/C14H15ClFN3O2/c1-8-13(9(2)21-18-8)17-14(20)19(3)7-10-11(15)5-4-6-12(10)16/h4-6H,7H2,1-3H3,(H,17,20). The highest BCUT2D eigenvalue weighted by molar-refractivity contribution is 6.31. The second kappa shape index (κ2) is 6.13. The molecular weight excluding hydrogens is 297 g/mol. The van der Waals surface area contributed by atoms with Crippen LogP contribution in [0.3, 0.4) is 0 Å². The Morgan fingerprint density at radius 1 is 1.48 bits per heavy atom. The summed E-state index contributed by atoms with van der Waals surface area (Å²) in [6.45, 7) is 3.48. The lowest BCUT2D eigenvalue weighted by Crippen LogP contribution is -2.31. The Balaban J connectivity index is 2.10. The lowest BCUT2D eigenvalue weighted by molar-refractivity contribution is 0.220. The van der Waals surface area contributed by atoms with Crippen LogP contribution in [-0.2, 0) is 6.54 Å². The van der Waals surface area contributed by atoms with Gasteiger partial charge in [0.25, 0.3) is 0 Å². The fourth-order valence-electron chi connectivity index (χ4n) is 1.86. The van der Waals surface area contributed by atoms with E-state index in [0.717, 1.165) is 0 Å². The Labute approximate surface area is 126 Å². The summed E-state index contributed by atoms with van der Waals surface area (Å²) in [6, 6.07) is 4.01. The fraction of sp³-hybridized carbons (Fsp3) is 0.286. The summed E-state index contributed by atoms with van der Waals surface area (Å²) in [5.74, 6) is 0.0673. The minimum atomic E-state index is -0.445. The number of urea groups is 1. The third-order valence-corrected chi connectivity index (χ3v) is 3.42. The zero-order valence-corrected chi connectivity index (χ0v) is 12.7. The van der Waals surface area contributed by atoms with Gasteiger partial charge in [0.05, 0.1) is 6.54 Å². The summed E-state index contributed by atoms with van der Waals surface area (Å²) in [5.41, 5.74) is 1.38. The Kier molecular flexibility index (Phi) is 4.47. The molecule has 0 saturated heterocycles. The molecule has 0 aliphatic carbocycles. The van der Waals surface area contributed by atoms with Gasteiger partial charge in [0.2, 0.25) is 0 Å². The van der Waals surface area contributed by atoms with Crippen molar-refractivity contribution in [1.82, 2.24) is 10.1 Å². The average Bonchev–Trinajstić information content (AvgIpc) is 2.74. The van der Waals surface area contributed by atoms with Crippen LogP contribution in [-0.4, -0.2) is 23.1 Å². The number of nitrogens with one attached hydrogen (secondary N) is 1. The van der Waals surface area contributed by atoms with E-state index < -0.39 is 11.8 Å². The summed E-state index contributed by atoms with van der Waals surface area (Å²) in [5, 5.41) is 6.72. The molecule has 112 valence electrons. The highest BCUT2D eigenvalue weighted by atomic mass is 35.5.